The van der Waals surface area contributed by atoms with E-state index in [1.807, 2.05) is 31.3 Å². The zero-order valence-electron chi connectivity index (χ0n) is 11.9. The normalized spacial score (nSPS) is 15.7. The van der Waals surface area contributed by atoms with Gasteiger partial charge in [-0.2, -0.15) is 5.10 Å². The summed E-state index contributed by atoms with van der Waals surface area (Å²) in [7, 11) is 0. The van der Waals surface area contributed by atoms with Crippen molar-refractivity contribution in [1.29, 1.82) is 0 Å². The Labute approximate surface area is 119 Å². The molecule has 1 aliphatic heterocycles. The summed E-state index contributed by atoms with van der Waals surface area (Å²) < 4.78 is 5.82. The molecule has 4 heteroatoms. The third kappa shape index (κ3) is 3.02. The molecule has 1 radical (unpaired) electrons. The molecule has 0 atom stereocenters. The minimum atomic E-state index is 0.727. The van der Waals surface area contributed by atoms with E-state index in [9.17, 15) is 0 Å². The second-order valence-corrected chi connectivity index (χ2v) is 5.22. The molecule has 1 fully saturated rings. The maximum atomic E-state index is 5.82. The monoisotopic (exact) mass is 270 g/mol. The Balaban J connectivity index is 1.61. The van der Waals surface area contributed by atoms with Gasteiger partial charge in [0.05, 0.1) is 5.69 Å². The second kappa shape index (κ2) is 6.09. The van der Waals surface area contributed by atoms with Gasteiger partial charge in [-0.05, 0) is 50.6 Å². The summed E-state index contributed by atoms with van der Waals surface area (Å²) in [4.78, 5) is 2.45. The molecule has 2 aromatic rings. The van der Waals surface area contributed by atoms with Crippen LogP contribution in [0.2, 0.25) is 0 Å². The van der Waals surface area contributed by atoms with Gasteiger partial charge in [0.25, 0.3) is 0 Å². The van der Waals surface area contributed by atoms with Crippen molar-refractivity contribution in [3.63, 3.8) is 0 Å². The zero-order chi connectivity index (χ0) is 13.8. The molecule has 1 saturated heterocycles. The van der Waals surface area contributed by atoms with Gasteiger partial charge in [-0.3, -0.25) is 10.00 Å². The van der Waals surface area contributed by atoms with Gasteiger partial charge in [0.1, 0.15) is 12.4 Å². The van der Waals surface area contributed by atoms with E-state index >= 15 is 0 Å². The number of H-pyrrole nitrogens is 1. The Morgan fingerprint density at radius 2 is 2.25 bits per heavy atom. The van der Waals surface area contributed by atoms with Crippen LogP contribution in [-0.4, -0.2) is 41.3 Å². The zero-order valence-corrected chi connectivity index (χ0v) is 11.9. The number of aromatic amines is 1. The van der Waals surface area contributed by atoms with Crippen LogP contribution < -0.4 is 4.74 Å². The van der Waals surface area contributed by atoms with Gasteiger partial charge in [-0.1, -0.05) is 6.07 Å². The topological polar surface area (TPSA) is 41.1 Å². The number of hydrogen-bond donors (Lipinski definition) is 1. The van der Waals surface area contributed by atoms with Gasteiger partial charge in [0.15, 0.2) is 0 Å². The van der Waals surface area contributed by atoms with Crippen LogP contribution in [0, 0.1) is 13.0 Å². The number of hydrogen-bond acceptors (Lipinski definition) is 3. The summed E-state index contributed by atoms with van der Waals surface area (Å²) in [5, 5.41) is 7.04. The minimum Gasteiger partial charge on any atom is -0.492 e. The van der Waals surface area contributed by atoms with Gasteiger partial charge in [-0.25, -0.2) is 0 Å². The molecule has 4 nitrogen and oxygen atoms in total. The molecule has 0 spiro atoms. The van der Waals surface area contributed by atoms with Gasteiger partial charge < -0.3 is 4.74 Å². The van der Waals surface area contributed by atoms with Crippen molar-refractivity contribution in [1.82, 2.24) is 15.1 Å². The van der Waals surface area contributed by atoms with Crippen LogP contribution >= 0.6 is 0 Å². The predicted octanol–water partition coefficient (Wildman–Crippen LogP) is 2.66. The van der Waals surface area contributed by atoms with Crippen molar-refractivity contribution in [3.05, 3.63) is 36.2 Å². The predicted molar refractivity (Wildman–Crippen MR) is 78.8 cm³/mol. The fourth-order valence-electron chi connectivity index (χ4n) is 2.64. The number of nitrogens with zero attached hydrogens (tertiary/aromatic N) is 2. The van der Waals surface area contributed by atoms with E-state index in [2.05, 4.69) is 21.2 Å². The number of nitrogens with one attached hydrogen (secondary N) is 1. The van der Waals surface area contributed by atoms with E-state index in [0.717, 1.165) is 35.7 Å². The Hall–Kier alpha value is -1.81. The molecule has 0 amide bonds. The Morgan fingerprint density at radius 3 is 3.00 bits per heavy atom. The van der Waals surface area contributed by atoms with Gasteiger partial charge in [-0.15, -0.1) is 0 Å². The molecule has 0 aliphatic carbocycles. The third-order valence-electron chi connectivity index (χ3n) is 3.78. The molecule has 1 aliphatic rings. The first-order chi connectivity index (χ1) is 9.83. The largest absolute Gasteiger partial charge is 0.492 e. The average molecular weight is 270 g/mol. The molecule has 20 heavy (non-hydrogen) atoms. The lowest BCUT2D eigenvalue weighted by atomic mass is 10.1. The molecule has 3 rings (SSSR count). The summed E-state index contributed by atoms with van der Waals surface area (Å²) in [6.45, 7) is 6.15. The molecule has 1 aromatic heterocycles. The second-order valence-electron chi connectivity index (χ2n) is 5.22. The highest BCUT2D eigenvalue weighted by molar-refractivity contribution is 5.66. The third-order valence-corrected chi connectivity index (χ3v) is 3.78. The molecule has 0 saturated carbocycles. The van der Waals surface area contributed by atoms with Gasteiger partial charge >= 0.3 is 0 Å². The number of aromatic nitrogens is 2. The van der Waals surface area contributed by atoms with Crippen molar-refractivity contribution < 1.29 is 4.74 Å². The van der Waals surface area contributed by atoms with Crippen LogP contribution in [-0.2, 0) is 0 Å². The van der Waals surface area contributed by atoms with Crippen molar-refractivity contribution in [2.45, 2.75) is 19.8 Å². The van der Waals surface area contributed by atoms with Crippen LogP contribution in [0.15, 0.2) is 24.4 Å². The standard InChI is InChI=1S/C16H20N3O/c1-13-16(12-17-18-13)14-5-4-6-15(11-14)20-10-9-19-7-2-3-8-19/h4-5,11-12H,2-3,7-10H2,1H3,(H,17,18). The number of ether oxygens (including phenoxy) is 1. The van der Waals surface area contributed by atoms with Crippen molar-refractivity contribution >= 4 is 0 Å². The summed E-state index contributed by atoms with van der Waals surface area (Å²) >= 11 is 0. The van der Waals surface area contributed by atoms with E-state index in [1.54, 1.807) is 0 Å². The first-order valence-electron chi connectivity index (χ1n) is 7.20. The summed E-state index contributed by atoms with van der Waals surface area (Å²) in [6.07, 6.45) is 4.56. The summed E-state index contributed by atoms with van der Waals surface area (Å²) in [5.41, 5.74) is 3.23. The Bertz CT molecular complexity index is 558. The smallest absolute Gasteiger partial charge is 0.127 e. The van der Waals surface area contributed by atoms with Crippen molar-refractivity contribution in [2.75, 3.05) is 26.2 Å². The molecule has 1 N–H and O–H groups in total. The fourth-order valence-corrected chi connectivity index (χ4v) is 2.64. The highest BCUT2D eigenvalue weighted by atomic mass is 16.5. The van der Waals surface area contributed by atoms with Crippen molar-refractivity contribution in [3.8, 4) is 16.9 Å². The van der Waals surface area contributed by atoms with Crippen LogP contribution in [0.3, 0.4) is 0 Å². The molecular weight excluding hydrogens is 250 g/mol. The quantitative estimate of drug-likeness (QED) is 0.908. The average Bonchev–Trinajstić information content (AvgIpc) is 3.11. The molecule has 2 heterocycles. The SMILES string of the molecule is Cc1n[nH]cc1-c1cc[c]c(OCCN2CCCC2)c1. The lowest BCUT2D eigenvalue weighted by molar-refractivity contribution is 0.237. The lowest BCUT2D eigenvalue weighted by Crippen LogP contribution is -2.25. The number of likely N-dealkylation sites (tertiary alicyclic amines) is 1. The van der Waals surface area contributed by atoms with Crippen molar-refractivity contribution in [2.24, 2.45) is 0 Å². The Kier molecular flexibility index (Phi) is 4.02. The summed E-state index contributed by atoms with van der Waals surface area (Å²) in [5.74, 6) is 0.808. The first kappa shape index (κ1) is 13.2. The van der Waals surface area contributed by atoms with Crippen LogP contribution in [0.25, 0.3) is 11.1 Å². The number of benzene rings is 1. The van der Waals surface area contributed by atoms with Crippen LogP contribution in [0.5, 0.6) is 5.75 Å². The lowest BCUT2D eigenvalue weighted by Gasteiger charge is -2.15. The minimum absolute atomic E-state index is 0.727. The maximum absolute atomic E-state index is 5.82. The van der Waals surface area contributed by atoms with Crippen LogP contribution in [0.1, 0.15) is 18.5 Å². The fraction of sp³-hybridized carbons (Fsp3) is 0.438. The van der Waals surface area contributed by atoms with E-state index < -0.39 is 0 Å². The summed E-state index contributed by atoms with van der Waals surface area (Å²) in [6, 6.07) is 9.12. The van der Waals surface area contributed by atoms with Crippen LogP contribution in [0.4, 0.5) is 0 Å². The Morgan fingerprint density at radius 1 is 1.40 bits per heavy atom. The first-order valence-corrected chi connectivity index (χ1v) is 7.20. The molecule has 0 bridgehead atoms. The van der Waals surface area contributed by atoms with Gasteiger partial charge in [0, 0.05) is 24.4 Å². The van der Waals surface area contributed by atoms with E-state index in [-0.39, 0.29) is 0 Å². The van der Waals surface area contributed by atoms with Gasteiger partial charge in [0.2, 0.25) is 0 Å². The maximum Gasteiger partial charge on any atom is 0.127 e. The molecular formula is C16H20N3O. The highest BCUT2D eigenvalue weighted by Crippen LogP contribution is 2.25. The number of aryl methyl sites for hydroxylation is 1. The highest BCUT2D eigenvalue weighted by Gasteiger charge is 2.11. The van der Waals surface area contributed by atoms with E-state index in [4.69, 9.17) is 4.74 Å². The molecule has 105 valence electrons. The molecule has 0 unspecified atom stereocenters. The molecule has 1 aromatic carbocycles. The van der Waals surface area contributed by atoms with E-state index in [1.165, 1.54) is 25.9 Å². The number of rotatable bonds is 5. The van der Waals surface area contributed by atoms with E-state index in [0.29, 0.717) is 0 Å².